The van der Waals surface area contributed by atoms with Crippen LogP contribution in [0.25, 0.3) is 0 Å². The Kier molecular flexibility index (Phi) is 5.26. The van der Waals surface area contributed by atoms with Crippen LogP contribution in [-0.2, 0) is 14.8 Å². The summed E-state index contributed by atoms with van der Waals surface area (Å²) in [4.78, 5) is 14.6. The average Bonchev–Trinajstić information content (AvgIpc) is 2.59. The van der Waals surface area contributed by atoms with Crippen LogP contribution in [0.2, 0.25) is 0 Å². The minimum Gasteiger partial charge on any atom is -0.390 e. The van der Waals surface area contributed by atoms with Crippen molar-refractivity contribution in [3.63, 3.8) is 0 Å². The topological polar surface area (TPSA) is 87.2 Å². The summed E-state index contributed by atoms with van der Waals surface area (Å²) in [6.07, 6.45) is 3.81. The molecule has 2 aliphatic rings. The van der Waals surface area contributed by atoms with Gasteiger partial charge in [0, 0.05) is 32.1 Å². The third-order valence-corrected chi connectivity index (χ3v) is 6.89. The van der Waals surface area contributed by atoms with Crippen molar-refractivity contribution in [3.8, 4) is 0 Å². The van der Waals surface area contributed by atoms with Crippen LogP contribution in [0.5, 0.6) is 0 Å². The third kappa shape index (κ3) is 4.44. The number of anilines is 1. The molecule has 8 heteroatoms. The fraction of sp³-hybridized carbons (Fsp3) is 0.632. The Morgan fingerprint density at radius 3 is 2.30 bits per heavy atom. The van der Waals surface area contributed by atoms with Gasteiger partial charge in [0.15, 0.2) is 0 Å². The molecule has 1 atom stereocenters. The van der Waals surface area contributed by atoms with Crippen LogP contribution in [0, 0.1) is 0 Å². The molecular weight excluding hydrogens is 368 g/mol. The van der Waals surface area contributed by atoms with Gasteiger partial charge in [0.1, 0.15) is 0 Å². The number of hydrogen-bond donors (Lipinski definition) is 1. The molecule has 1 amide bonds. The van der Waals surface area contributed by atoms with E-state index < -0.39 is 15.6 Å². The van der Waals surface area contributed by atoms with Gasteiger partial charge in [-0.05, 0) is 50.5 Å². The molecule has 3 rings (SSSR count). The van der Waals surface area contributed by atoms with Crippen molar-refractivity contribution < 1.29 is 23.1 Å². The van der Waals surface area contributed by atoms with E-state index in [1.165, 1.54) is 11.4 Å². The second kappa shape index (κ2) is 7.07. The summed E-state index contributed by atoms with van der Waals surface area (Å²) < 4.78 is 30.4. The third-order valence-electron chi connectivity index (χ3n) is 5.69. The monoisotopic (exact) mass is 396 g/mol. The molecule has 0 radical (unpaired) electrons. The highest BCUT2D eigenvalue weighted by Gasteiger charge is 2.44. The van der Waals surface area contributed by atoms with Gasteiger partial charge < -0.3 is 14.7 Å². The zero-order valence-electron chi connectivity index (χ0n) is 16.1. The highest BCUT2D eigenvalue weighted by Crippen LogP contribution is 2.39. The van der Waals surface area contributed by atoms with Gasteiger partial charge in [0.25, 0.3) is 5.91 Å². The van der Waals surface area contributed by atoms with Gasteiger partial charge in [-0.3, -0.25) is 9.10 Å². The number of ether oxygens (including phenoxy) is 1. The highest BCUT2D eigenvalue weighted by atomic mass is 32.2. The molecule has 1 unspecified atom stereocenters. The number of aliphatic hydroxyl groups is 1. The van der Waals surface area contributed by atoms with Crippen molar-refractivity contribution in [1.82, 2.24) is 4.90 Å². The summed E-state index contributed by atoms with van der Waals surface area (Å²) in [5.74, 6) is -0.0685. The van der Waals surface area contributed by atoms with Crippen LogP contribution in [0.4, 0.5) is 5.69 Å². The van der Waals surface area contributed by atoms with Crippen molar-refractivity contribution in [2.45, 2.75) is 43.8 Å². The Balaban J connectivity index is 1.64. The smallest absolute Gasteiger partial charge is 0.253 e. The molecule has 1 aromatic rings. The Morgan fingerprint density at radius 2 is 1.78 bits per heavy atom. The molecule has 2 aliphatic heterocycles. The van der Waals surface area contributed by atoms with Crippen molar-refractivity contribution in [1.29, 1.82) is 0 Å². The van der Waals surface area contributed by atoms with E-state index in [0.717, 1.165) is 6.26 Å². The molecule has 0 aromatic heterocycles. The van der Waals surface area contributed by atoms with Crippen LogP contribution < -0.4 is 4.31 Å². The van der Waals surface area contributed by atoms with E-state index in [1.54, 1.807) is 29.2 Å². The Hall–Kier alpha value is -1.64. The average molecular weight is 397 g/mol. The predicted molar refractivity (Wildman–Crippen MR) is 103 cm³/mol. The highest BCUT2D eigenvalue weighted by molar-refractivity contribution is 7.92. The summed E-state index contributed by atoms with van der Waals surface area (Å²) in [6, 6.07) is 6.60. The van der Waals surface area contributed by atoms with Gasteiger partial charge in [-0.15, -0.1) is 0 Å². The van der Waals surface area contributed by atoms with Gasteiger partial charge in [-0.25, -0.2) is 8.42 Å². The van der Waals surface area contributed by atoms with Crippen molar-refractivity contribution >= 4 is 21.6 Å². The molecule has 1 N–H and O–H groups in total. The van der Waals surface area contributed by atoms with Gasteiger partial charge in [-0.2, -0.15) is 0 Å². The van der Waals surface area contributed by atoms with Crippen LogP contribution >= 0.6 is 0 Å². The number of piperidine rings is 1. The van der Waals surface area contributed by atoms with E-state index in [2.05, 4.69) is 0 Å². The van der Waals surface area contributed by atoms with Gasteiger partial charge >= 0.3 is 0 Å². The van der Waals surface area contributed by atoms with Gasteiger partial charge in [0.2, 0.25) is 10.0 Å². The van der Waals surface area contributed by atoms with E-state index >= 15 is 0 Å². The lowest BCUT2D eigenvalue weighted by Gasteiger charge is -2.48. The van der Waals surface area contributed by atoms with Crippen LogP contribution in [0.15, 0.2) is 24.3 Å². The molecule has 0 aliphatic carbocycles. The van der Waals surface area contributed by atoms with E-state index in [1.807, 2.05) is 6.92 Å². The van der Waals surface area contributed by atoms with E-state index in [0.29, 0.717) is 56.6 Å². The second-order valence-corrected chi connectivity index (χ2v) is 10.0. The number of carbonyl (C=O) groups excluding carboxylic acids is 1. The van der Waals surface area contributed by atoms with Crippen LogP contribution in [0.3, 0.4) is 0 Å². The Labute approximate surface area is 161 Å². The zero-order valence-corrected chi connectivity index (χ0v) is 17.0. The van der Waals surface area contributed by atoms with Crippen molar-refractivity contribution in [3.05, 3.63) is 29.8 Å². The summed E-state index contributed by atoms with van der Waals surface area (Å²) in [7, 11) is -1.85. The number of rotatable bonds is 3. The maximum atomic E-state index is 12.8. The van der Waals surface area contributed by atoms with E-state index in [9.17, 15) is 18.3 Å². The normalized spacial score (nSPS) is 25.4. The number of benzene rings is 1. The van der Waals surface area contributed by atoms with Gasteiger partial charge in [0.05, 0.1) is 29.8 Å². The summed E-state index contributed by atoms with van der Waals surface area (Å²) in [6.45, 7) is 3.57. The molecule has 150 valence electrons. The number of sulfonamides is 1. The summed E-state index contributed by atoms with van der Waals surface area (Å²) >= 11 is 0. The number of nitrogens with zero attached hydrogens (tertiary/aromatic N) is 2. The lowest BCUT2D eigenvalue weighted by atomic mass is 9.78. The maximum absolute atomic E-state index is 12.8. The first-order valence-corrected chi connectivity index (χ1v) is 11.1. The van der Waals surface area contributed by atoms with E-state index in [-0.39, 0.29) is 11.5 Å². The lowest BCUT2D eigenvalue weighted by Crippen LogP contribution is -2.54. The number of hydrogen-bond acceptors (Lipinski definition) is 5. The molecule has 0 bridgehead atoms. The van der Waals surface area contributed by atoms with Crippen LogP contribution in [0.1, 0.15) is 43.0 Å². The first kappa shape index (κ1) is 20.1. The van der Waals surface area contributed by atoms with E-state index in [4.69, 9.17) is 4.74 Å². The quantitative estimate of drug-likeness (QED) is 0.839. The SMILES string of the molecule is CN(c1ccc(C(=O)N2CCC3(CC2)CC(C)(O)CCO3)cc1)S(C)(=O)=O. The van der Waals surface area contributed by atoms with Crippen molar-refractivity contribution in [2.24, 2.45) is 0 Å². The molecular formula is C19H28N2O5S. The zero-order chi connectivity index (χ0) is 19.9. The minimum atomic E-state index is -3.33. The summed E-state index contributed by atoms with van der Waals surface area (Å²) in [5.41, 5.74) is 0.0181. The molecule has 7 nitrogen and oxygen atoms in total. The first-order chi connectivity index (χ1) is 12.5. The minimum absolute atomic E-state index is 0.0685. The van der Waals surface area contributed by atoms with Crippen molar-refractivity contribution in [2.75, 3.05) is 37.3 Å². The second-order valence-electron chi connectivity index (χ2n) is 8.02. The molecule has 2 heterocycles. The fourth-order valence-corrected chi connectivity index (χ4v) is 4.45. The Bertz CT molecular complexity index is 796. The van der Waals surface area contributed by atoms with Crippen LogP contribution in [-0.4, -0.2) is 68.5 Å². The largest absolute Gasteiger partial charge is 0.390 e. The molecule has 27 heavy (non-hydrogen) atoms. The standard InChI is InChI=1S/C19H28N2O5S/c1-18(23)10-13-26-19(14-18)8-11-21(12-9-19)17(22)15-4-6-16(7-5-15)20(2)27(3,24)25/h4-7,23H,8-14H2,1-3H3. The molecule has 1 aromatic carbocycles. The first-order valence-electron chi connectivity index (χ1n) is 9.21. The lowest BCUT2D eigenvalue weighted by molar-refractivity contribution is -0.170. The number of carbonyl (C=O) groups is 1. The number of amides is 1. The predicted octanol–water partition coefficient (Wildman–Crippen LogP) is 1.62. The molecule has 2 fully saturated rings. The summed E-state index contributed by atoms with van der Waals surface area (Å²) in [5, 5.41) is 10.4. The maximum Gasteiger partial charge on any atom is 0.253 e. The van der Waals surface area contributed by atoms with Gasteiger partial charge in [-0.1, -0.05) is 0 Å². The Morgan fingerprint density at radius 1 is 1.19 bits per heavy atom. The molecule has 2 saturated heterocycles. The molecule has 0 saturated carbocycles. The fourth-order valence-electron chi connectivity index (χ4n) is 3.95. The molecule has 1 spiro atoms. The number of likely N-dealkylation sites (tertiary alicyclic amines) is 1.